The second-order valence-corrected chi connectivity index (χ2v) is 12.3. The summed E-state index contributed by atoms with van der Waals surface area (Å²) in [5.41, 5.74) is 13.5. The van der Waals surface area contributed by atoms with Crippen molar-refractivity contribution in [1.29, 1.82) is 0 Å². The Balaban J connectivity index is 1.20. The average Bonchev–Trinajstić information content (AvgIpc) is 3.50. The van der Waals surface area contributed by atoms with Gasteiger partial charge in [-0.2, -0.15) is 0 Å². The summed E-state index contributed by atoms with van der Waals surface area (Å²) < 4.78 is 2.41. The number of rotatable bonds is 5. The molecule has 3 aromatic heterocycles. The van der Waals surface area contributed by atoms with Gasteiger partial charge >= 0.3 is 0 Å². The minimum Gasteiger partial charge on any atom is -0.309 e. The van der Waals surface area contributed by atoms with E-state index in [1.54, 1.807) is 0 Å². The lowest BCUT2D eigenvalue weighted by Crippen LogP contribution is -1.95. The highest BCUT2D eigenvalue weighted by Gasteiger charge is 2.17. The third kappa shape index (κ3) is 4.76. The Morgan fingerprint density at radius 2 is 1.15 bits per heavy atom. The third-order valence-corrected chi connectivity index (χ3v) is 9.40. The minimum absolute atomic E-state index is 0.936. The molecule has 3 heteroatoms. The van der Waals surface area contributed by atoms with Crippen LogP contribution in [0.1, 0.15) is 5.56 Å². The largest absolute Gasteiger partial charge is 0.309 e. The molecular formula is C45H31N3. The molecule has 0 aliphatic rings. The zero-order chi connectivity index (χ0) is 32.0. The molecule has 9 aromatic rings. The van der Waals surface area contributed by atoms with Gasteiger partial charge in [-0.25, -0.2) is 0 Å². The van der Waals surface area contributed by atoms with Crippen LogP contribution in [0.15, 0.2) is 170 Å². The maximum atomic E-state index is 4.89. The zero-order valence-electron chi connectivity index (χ0n) is 26.5. The smallest absolute Gasteiger partial charge is 0.0746 e. The van der Waals surface area contributed by atoms with E-state index in [2.05, 4.69) is 168 Å². The van der Waals surface area contributed by atoms with Gasteiger partial charge in [0.05, 0.1) is 22.4 Å². The second-order valence-electron chi connectivity index (χ2n) is 12.3. The van der Waals surface area contributed by atoms with Gasteiger partial charge < -0.3 is 4.57 Å². The van der Waals surface area contributed by atoms with Crippen LogP contribution in [0.25, 0.3) is 83.0 Å². The summed E-state index contributed by atoms with van der Waals surface area (Å²) in [6.45, 7) is 2.08. The van der Waals surface area contributed by atoms with Crippen molar-refractivity contribution in [3.05, 3.63) is 176 Å². The van der Waals surface area contributed by atoms with Crippen molar-refractivity contribution in [2.75, 3.05) is 0 Å². The van der Waals surface area contributed by atoms with E-state index in [9.17, 15) is 0 Å². The number of hydrogen-bond acceptors (Lipinski definition) is 2. The molecular weight excluding hydrogens is 583 g/mol. The Labute approximate surface area is 279 Å². The molecule has 0 saturated carbocycles. The lowest BCUT2D eigenvalue weighted by molar-refractivity contribution is 1.19. The minimum atomic E-state index is 0.936. The zero-order valence-corrected chi connectivity index (χ0v) is 26.5. The van der Waals surface area contributed by atoms with Crippen LogP contribution in [0.2, 0.25) is 0 Å². The Kier molecular flexibility index (Phi) is 6.69. The molecule has 0 bridgehead atoms. The Morgan fingerprint density at radius 1 is 0.458 bits per heavy atom. The van der Waals surface area contributed by atoms with E-state index in [0.717, 1.165) is 39.3 Å². The van der Waals surface area contributed by atoms with E-state index in [0.29, 0.717) is 0 Å². The summed E-state index contributed by atoms with van der Waals surface area (Å²) >= 11 is 0. The summed E-state index contributed by atoms with van der Waals surface area (Å²) in [5.74, 6) is 0. The summed E-state index contributed by atoms with van der Waals surface area (Å²) in [6.07, 6.45) is 3.77. The van der Waals surface area contributed by atoms with Crippen molar-refractivity contribution >= 4 is 32.6 Å². The normalized spacial score (nSPS) is 11.4. The van der Waals surface area contributed by atoms with Gasteiger partial charge in [-0.05, 0) is 88.7 Å². The van der Waals surface area contributed by atoms with Gasteiger partial charge in [0.25, 0.3) is 0 Å². The van der Waals surface area contributed by atoms with Gasteiger partial charge in [0.1, 0.15) is 0 Å². The predicted octanol–water partition coefficient (Wildman–Crippen LogP) is 11.7. The van der Waals surface area contributed by atoms with E-state index in [1.165, 1.54) is 49.3 Å². The van der Waals surface area contributed by atoms with Crippen LogP contribution in [0.5, 0.6) is 0 Å². The van der Waals surface area contributed by atoms with Crippen molar-refractivity contribution in [1.82, 2.24) is 14.5 Å². The van der Waals surface area contributed by atoms with Gasteiger partial charge in [0.15, 0.2) is 0 Å². The highest BCUT2D eigenvalue weighted by molar-refractivity contribution is 6.19. The maximum absolute atomic E-state index is 4.89. The summed E-state index contributed by atoms with van der Waals surface area (Å²) in [7, 11) is 0. The lowest BCUT2D eigenvalue weighted by atomic mass is 9.96. The number of hydrogen-bond donors (Lipinski definition) is 0. The highest BCUT2D eigenvalue weighted by atomic mass is 15.0. The SMILES string of the molecule is Cc1cccnc1-c1ccc(-c2ccc3c4ccc5cc(-c6cccc(-c7ccccc7)c6)ccc5c4n(-c4ccccc4)c3c2)nc1. The van der Waals surface area contributed by atoms with Gasteiger partial charge in [-0.3, -0.25) is 9.97 Å². The topological polar surface area (TPSA) is 30.7 Å². The van der Waals surface area contributed by atoms with Gasteiger partial charge in [0.2, 0.25) is 0 Å². The molecule has 9 rings (SSSR count). The predicted molar refractivity (Wildman–Crippen MR) is 200 cm³/mol. The number of benzene rings is 6. The van der Waals surface area contributed by atoms with Crippen LogP contribution in [0, 0.1) is 6.92 Å². The number of aromatic nitrogens is 3. The maximum Gasteiger partial charge on any atom is 0.0746 e. The van der Waals surface area contributed by atoms with Crippen molar-refractivity contribution in [2.45, 2.75) is 6.92 Å². The second kappa shape index (κ2) is 11.5. The summed E-state index contributed by atoms with van der Waals surface area (Å²) in [4.78, 5) is 9.48. The Hall–Kier alpha value is -6.32. The lowest BCUT2D eigenvalue weighted by Gasteiger charge is -2.12. The van der Waals surface area contributed by atoms with Crippen molar-refractivity contribution in [3.63, 3.8) is 0 Å². The summed E-state index contributed by atoms with van der Waals surface area (Å²) in [5, 5.41) is 4.90. The van der Waals surface area contributed by atoms with Crippen molar-refractivity contribution < 1.29 is 0 Å². The first kappa shape index (κ1) is 27.9. The van der Waals surface area contributed by atoms with Crippen molar-refractivity contribution in [3.8, 4) is 50.5 Å². The fraction of sp³-hybridized carbons (Fsp3) is 0.0222. The molecule has 0 unspecified atom stereocenters. The number of pyridine rings is 2. The molecule has 0 atom stereocenters. The molecule has 0 aliphatic carbocycles. The molecule has 3 nitrogen and oxygen atoms in total. The molecule has 226 valence electrons. The molecule has 0 spiro atoms. The van der Waals surface area contributed by atoms with E-state index < -0.39 is 0 Å². The molecule has 0 amide bonds. The van der Waals surface area contributed by atoms with Crippen LogP contribution in [-0.2, 0) is 0 Å². The van der Waals surface area contributed by atoms with E-state index in [1.807, 2.05) is 18.5 Å². The first-order chi connectivity index (χ1) is 23.7. The first-order valence-electron chi connectivity index (χ1n) is 16.3. The monoisotopic (exact) mass is 613 g/mol. The molecule has 0 radical (unpaired) electrons. The quantitative estimate of drug-likeness (QED) is 0.193. The fourth-order valence-corrected chi connectivity index (χ4v) is 7.02. The van der Waals surface area contributed by atoms with Crippen molar-refractivity contribution in [2.24, 2.45) is 0 Å². The Morgan fingerprint density at radius 3 is 1.94 bits per heavy atom. The van der Waals surface area contributed by atoms with Crippen LogP contribution < -0.4 is 0 Å². The molecule has 0 N–H and O–H groups in total. The first-order valence-corrected chi connectivity index (χ1v) is 16.3. The van der Waals surface area contributed by atoms with E-state index in [4.69, 9.17) is 4.98 Å². The average molecular weight is 614 g/mol. The van der Waals surface area contributed by atoms with E-state index in [-0.39, 0.29) is 0 Å². The van der Waals surface area contributed by atoms with Crippen LogP contribution in [0.3, 0.4) is 0 Å². The Bertz CT molecular complexity index is 2600. The van der Waals surface area contributed by atoms with Crippen LogP contribution in [0.4, 0.5) is 0 Å². The van der Waals surface area contributed by atoms with Gasteiger partial charge in [0, 0.05) is 45.4 Å². The van der Waals surface area contributed by atoms with Crippen LogP contribution >= 0.6 is 0 Å². The standard InChI is InChI=1S/C45H31N3/c1-30-10-9-25-46-44(30)37-20-24-42(47-29-37)36-19-22-40-41-23-18-35-27-34(33-14-8-13-32(26-33)31-11-4-2-5-12-31)17-21-39(35)45(41)48(43(40)28-36)38-15-6-3-7-16-38/h2-29H,1H3. The molecule has 0 saturated heterocycles. The van der Waals surface area contributed by atoms with Crippen LogP contribution in [-0.4, -0.2) is 14.5 Å². The number of para-hydroxylation sites is 1. The molecule has 3 heterocycles. The number of aryl methyl sites for hydroxylation is 1. The molecule has 0 fully saturated rings. The van der Waals surface area contributed by atoms with Gasteiger partial charge in [-0.15, -0.1) is 0 Å². The third-order valence-electron chi connectivity index (χ3n) is 9.40. The number of nitrogens with zero attached hydrogens (tertiary/aromatic N) is 3. The molecule has 0 aliphatic heterocycles. The van der Waals surface area contributed by atoms with E-state index >= 15 is 0 Å². The molecule has 6 aromatic carbocycles. The molecule has 48 heavy (non-hydrogen) atoms. The highest BCUT2D eigenvalue weighted by Crippen LogP contribution is 2.39. The fourth-order valence-electron chi connectivity index (χ4n) is 7.02. The number of fused-ring (bicyclic) bond motifs is 5. The summed E-state index contributed by atoms with van der Waals surface area (Å²) in [6, 6.07) is 56.5. The van der Waals surface area contributed by atoms with Gasteiger partial charge in [-0.1, -0.05) is 109 Å².